The van der Waals surface area contributed by atoms with Gasteiger partial charge >= 0.3 is 0 Å². The van der Waals surface area contributed by atoms with Gasteiger partial charge in [0.25, 0.3) is 0 Å². The number of rotatable bonds is 6. The maximum atomic E-state index is 10.2. The van der Waals surface area contributed by atoms with E-state index in [-0.39, 0.29) is 11.8 Å². The van der Waals surface area contributed by atoms with Crippen molar-refractivity contribution in [1.29, 1.82) is 0 Å². The number of carboxylic acids is 1. The molecule has 0 spiro atoms. The largest absolute Gasteiger partial charge is 0.545 e. The van der Waals surface area contributed by atoms with Gasteiger partial charge < -0.3 is 14.6 Å². The van der Waals surface area contributed by atoms with Crippen molar-refractivity contribution in [3.8, 4) is 0 Å². The molecule has 1 unspecified atom stereocenters. The number of nitrogens with zero attached hydrogens (tertiary/aromatic N) is 1. The van der Waals surface area contributed by atoms with Gasteiger partial charge in [-0.05, 0) is 33.0 Å². The van der Waals surface area contributed by atoms with Gasteiger partial charge in [0.15, 0.2) is 0 Å². The quantitative estimate of drug-likeness (QED) is 0.418. The second-order valence-corrected chi connectivity index (χ2v) is 3.07. The number of carbonyl (C=O) groups is 1. The van der Waals surface area contributed by atoms with Crippen LogP contribution in [0, 0.1) is 0 Å². The minimum absolute atomic E-state index is 0.0189. The van der Waals surface area contributed by atoms with E-state index in [4.69, 9.17) is 4.74 Å². The fraction of sp³-hybridized carbons (Fsp3) is 0.667. The first-order valence-electron chi connectivity index (χ1n) is 4.12. The van der Waals surface area contributed by atoms with Gasteiger partial charge in [0.2, 0.25) is 0 Å². The molecule has 0 heterocycles. The van der Waals surface area contributed by atoms with Crippen LogP contribution in [0.3, 0.4) is 0 Å². The first kappa shape index (κ1) is 12.1. The van der Waals surface area contributed by atoms with E-state index in [1.165, 1.54) is 0 Å². The number of aliphatic carboxylic acids is 1. The van der Waals surface area contributed by atoms with E-state index in [1.807, 2.05) is 25.9 Å². The van der Waals surface area contributed by atoms with Crippen LogP contribution in [0.4, 0.5) is 0 Å². The predicted molar refractivity (Wildman–Crippen MR) is 47.9 cm³/mol. The average molecular weight is 186 g/mol. The molecule has 0 fully saturated rings. The summed E-state index contributed by atoms with van der Waals surface area (Å²) in [5.74, 6) is -1.21. The van der Waals surface area contributed by atoms with Gasteiger partial charge in [0.05, 0.1) is 12.6 Å². The number of hydrogen-bond acceptors (Lipinski definition) is 4. The van der Waals surface area contributed by atoms with Crippen LogP contribution >= 0.6 is 0 Å². The van der Waals surface area contributed by atoms with Crippen LogP contribution < -0.4 is 5.11 Å². The summed E-state index contributed by atoms with van der Waals surface area (Å²) in [6.45, 7) is 5.58. The SMILES string of the molecule is C=C(CCOC(C)N(C)C)C(=O)[O-]. The van der Waals surface area contributed by atoms with Crippen molar-refractivity contribution >= 4 is 5.97 Å². The number of carboxylic acid groups (broad SMARTS) is 1. The van der Waals surface area contributed by atoms with Crippen molar-refractivity contribution in [3.63, 3.8) is 0 Å². The number of carbonyl (C=O) groups excluding carboxylic acids is 1. The molecule has 0 aliphatic heterocycles. The molecule has 4 heteroatoms. The predicted octanol–water partition coefficient (Wildman–Crippen LogP) is -0.393. The highest BCUT2D eigenvalue weighted by Crippen LogP contribution is 2.00. The lowest BCUT2D eigenvalue weighted by atomic mass is 10.2. The normalized spacial score (nSPS) is 12.9. The van der Waals surface area contributed by atoms with E-state index >= 15 is 0 Å². The van der Waals surface area contributed by atoms with Crippen LogP contribution in [0.1, 0.15) is 13.3 Å². The van der Waals surface area contributed by atoms with E-state index in [1.54, 1.807) is 0 Å². The van der Waals surface area contributed by atoms with Crippen molar-refractivity contribution in [2.75, 3.05) is 20.7 Å². The van der Waals surface area contributed by atoms with E-state index in [9.17, 15) is 9.90 Å². The van der Waals surface area contributed by atoms with Gasteiger partial charge in [-0.15, -0.1) is 0 Å². The molecule has 0 saturated carbocycles. The lowest BCUT2D eigenvalue weighted by Crippen LogP contribution is -2.29. The van der Waals surface area contributed by atoms with Crippen molar-refractivity contribution in [2.24, 2.45) is 0 Å². The summed E-state index contributed by atoms with van der Waals surface area (Å²) in [7, 11) is 3.77. The molecule has 0 rings (SSSR count). The summed E-state index contributed by atoms with van der Waals surface area (Å²) < 4.78 is 5.30. The molecule has 0 aromatic heterocycles. The van der Waals surface area contributed by atoms with Crippen molar-refractivity contribution < 1.29 is 14.6 Å². The third-order valence-corrected chi connectivity index (χ3v) is 1.78. The first-order valence-corrected chi connectivity index (χ1v) is 4.12. The molecule has 4 nitrogen and oxygen atoms in total. The average Bonchev–Trinajstić information content (AvgIpc) is 2.03. The molecular weight excluding hydrogens is 170 g/mol. The molecule has 0 bridgehead atoms. The Kier molecular flexibility index (Phi) is 5.34. The highest BCUT2D eigenvalue weighted by Gasteiger charge is 2.03. The number of hydrogen-bond donors (Lipinski definition) is 0. The highest BCUT2D eigenvalue weighted by molar-refractivity contribution is 5.83. The Morgan fingerprint density at radius 2 is 2.15 bits per heavy atom. The van der Waals surface area contributed by atoms with Crippen LogP contribution in [0.5, 0.6) is 0 Å². The Morgan fingerprint density at radius 3 is 2.54 bits per heavy atom. The van der Waals surface area contributed by atoms with Crippen molar-refractivity contribution in [3.05, 3.63) is 12.2 Å². The summed E-state index contributed by atoms with van der Waals surface area (Å²) in [4.78, 5) is 12.1. The fourth-order valence-electron chi connectivity index (χ4n) is 0.604. The van der Waals surface area contributed by atoms with Gasteiger partial charge in [0, 0.05) is 0 Å². The molecule has 0 aliphatic carbocycles. The number of ether oxygens (including phenoxy) is 1. The van der Waals surface area contributed by atoms with E-state index in [2.05, 4.69) is 6.58 Å². The van der Waals surface area contributed by atoms with Crippen LogP contribution in [-0.4, -0.2) is 37.8 Å². The summed E-state index contributed by atoms with van der Waals surface area (Å²) in [5, 5.41) is 10.2. The smallest absolute Gasteiger partial charge is 0.107 e. The minimum atomic E-state index is -1.21. The van der Waals surface area contributed by atoms with Crippen LogP contribution in [0.2, 0.25) is 0 Å². The minimum Gasteiger partial charge on any atom is -0.545 e. The zero-order valence-electron chi connectivity index (χ0n) is 8.37. The lowest BCUT2D eigenvalue weighted by molar-refractivity contribution is -0.299. The van der Waals surface area contributed by atoms with Crippen molar-refractivity contribution in [1.82, 2.24) is 4.90 Å². The molecule has 0 aliphatic rings. The Labute approximate surface area is 78.8 Å². The van der Waals surface area contributed by atoms with Crippen molar-refractivity contribution in [2.45, 2.75) is 19.6 Å². The Balaban J connectivity index is 3.56. The molecule has 13 heavy (non-hydrogen) atoms. The second kappa shape index (κ2) is 5.72. The van der Waals surface area contributed by atoms with Crippen LogP contribution in [-0.2, 0) is 9.53 Å². The Bertz CT molecular complexity index is 189. The first-order chi connectivity index (χ1) is 5.95. The third kappa shape index (κ3) is 5.38. The lowest BCUT2D eigenvalue weighted by Gasteiger charge is -2.20. The van der Waals surface area contributed by atoms with Gasteiger partial charge in [0.1, 0.15) is 6.23 Å². The highest BCUT2D eigenvalue weighted by atomic mass is 16.5. The molecule has 0 amide bonds. The summed E-state index contributed by atoms with van der Waals surface area (Å²) in [6, 6.07) is 0. The maximum Gasteiger partial charge on any atom is 0.107 e. The van der Waals surface area contributed by atoms with E-state index < -0.39 is 5.97 Å². The molecule has 1 atom stereocenters. The van der Waals surface area contributed by atoms with Crippen LogP contribution in [0.25, 0.3) is 0 Å². The fourth-order valence-corrected chi connectivity index (χ4v) is 0.604. The van der Waals surface area contributed by atoms with E-state index in [0.717, 1.165) is 0 Å². The molecule has 0 aromatic rings. The standard InChI is InChI=1S/C9H17NO3/c1-7(9(11)12)5-6-13-8(2)10(3)4/h8H,1,5-6H2,2-4H3,(H,11,12)/p-1. The summed E-state index contributed by atoms with van der Waals surface area (Å²) in [5.41, 5.74) is 0.0750. The summed E-state index contributed by atoms with van der Waals surface area (Å²) >= 11 is 0. The molecule has 76 valence electrons. The Hall–Kier alpha value is -0.870. The van der Waals surface area contributed by atoms with Gasteiger partial charge in [-0.3, -0.25) is 4.90 Å². The monoisotopic (exact) mass is 186 g/mol. The van der Waals surface area contributed by atoms with Gasteiger partial charge in [-0.2, -0.15) is 0 Å². The molecule has 0 saturated heterocycles. The zero-order chi connectivity index (χ0) is 10.4. The second-order valence-electron chi connectivity index (χ2n) is 3.07. The molecule has 0 radical (unpaired) electrons. The Morgan fingerprint density at radius 1 is 1.62 bits per heavy atom. The molecular formula is C9H16NO3-. The maximum absolute atomic E-state index is 10.2. The third-order valence-electron chi connectivity index (χ3n) is 1.78. The van der Waals surface area contributed by atoms with Gasteiger partial charge in [-0.1, -0.05) is 6.58 Å². The molecule has 0 aromatic carbocycles. The zero-order valence-corrected chi connectivity index (χ0v) is 8.37. The molecule has 0 N–H and O–H groups in total. The summed E-state index contributed by atoms with van der Waals surface area (Å²) in [6.07, 6.45) is 0.287. The van der Waals surface area contributed by atoms with Crippen LogP contribution in [0.15, 0.2) is 12.2 Å². The topological polar surface area (TPSA) is 52.6 Å². The van der Waals surface area contributed by atoms with Gasteiger partial charge in [-0.25, -0.2) is 0 Å². The van der Waals surface area contributed by atoms with E-state index in [0.29, 0.717) is 13.0 Å².